The number of hydrogen-bond donors (Lipinski definition) is 0. The molecule has 0 amide bonds. The zero-order valence-electron chi connectivity index (χ0n) is 15.5. The molecule has 3 atom stereocenters. The lowest BCUT2D eigenvalue weighted by Crippen LogP contribution is -2.34. The molecule has 1 aliphatic heterocycles. The SMILES string of the molecule is O=C1O[C@@H](n2cccn2)C[C@@H](c2ccccc2[N+](=O)[O-])[C@@H]1c1ccc([N+](=O)[O-])cc1. The fourth-order valence-electron chi connectivity index (χ4n) is 3.83. The van der Waals surface area contributed by atoms with Crippen molar-refractivity contribution in [3.05, 3.63) is 98.3 Å². The minimum Gasteiger partial charge on any atom is -0.439 e. The third-order valence-corrected chi connectivity index (χ3v) is 5.18. The first kappa shape index (κ1) is 19.2. The van der Waals surface area contributed by atoms with Gasteiger partial charge in [0.2, 0.25) is 0 Å². The summed E-state index contributed by atoms with van der Waals surface area (Å²) in [6, 6.07) is 13.5. The van der Waals surface area contributed by atoms with Crippen molar-refractivity contribution in [2.45, 2.75) is 24.5 Å². The predicted octanol–water partition coefficient (Wildman–Crippen LogP) is 3.71. The van der Waals surface area contributed by atoms with E-state index in [1.54, 1.807) is 36.7 Å². The van der Waals surface area contributed by atoms with E-state index in [2.05, 4.69) is 5.10 Å². The third-order valence-electron chi connectivity index (χ3n) is 5.18. The van der Waals surface area contributed by atoms with E-state index in [1.807, 2.05) is 0 Å². The van der Waals surface area contributed by atoms with Crippen LogP contribution in [-0.2, 0) is 9.53 Å². The molecule has 0 aliphatic carbocycles. The van der Waals surface area contributed by atoms with Crippen LogP contribution in [0.25, 0.3) is 0 Å². The second-order valence-electron chi connectivity index (χ2n) is 6.86. The molecule has 30 heavy (non-hydrogen) atoms. The standard InChI is InChI=1S/C20H16N4O6/c25-20-19(13-6-8-14(9-7-13)23(26)27)16(12-18(30-20)22-11-3-10-21-22)15-4-1-2-5-17(15)24(28)29/h1-11,16,18-19H,12H2/t16-,18+,19-/m0/s1. The Morgan fingerprint density at radius 2 is 1.73 bits per heavy atom. The Hall–Kier alpha value is -4.08. The molecular formula is C20H16N4O6. The molecule has 0 radical (unpaired) electrons. The van der Waals surface area contributed by atoms with E-state index in [1.165, 1.54) is 35.0 Å². The van der Waals surface area contributed by atoms with E-state index in [4.69, 9.17) is 4.74 Å². The van der Waals surface area contributed by atoms with Crippen molar-refractivity contribution in [2.24, 2.45) is 0 Å². The van der Waals surface area contributed by atoms with Crippen molar-refractivity contribution < 1.29 is 19.4 Å². The molecule has 2 aromatic carbocycles. The van der Waals surface area contributed by atoms with Gasteiger partial charge in [-0.1, -0.05) is 30.3 Å². The average Bonchev–Trinajstić information content (AvgIpc) is 3.28. The van der Waals surface area contributed by atoms with Crippen LogP contribution in [0.15, 0.2) is 67.0 Å². The molecule has 10 nitrogen and oxygen atoms in total. The van der Waals surface area contributed by atoms with E-state index in [-0.39, 0.29) is 17.8 Å². The lowest BCUT2D eigenvalue weighted by Gasteiger charge is -2.35. The van der Waals surface area contributed by atoms with Crippen LogP contribution >= 0.6 is 0 Å². The maximum Gasteiger partial charge on any atom is 0.316 e. The van der Waals surface area contributed by atoms with E-state index in [0.29, 0.717) is 11.1 Å². The summed E-state index contributed by atoms with van der Waals surface area (Å²) in [4.78, 5) is 34.6. The lowest BCUT2D eigenvalue weighted by molar-refractivity contribution is -0.385. The van der Waals surface area contributed by atoms with E-state index in [0.717, 1.165) is 0 Å². The number of cyclic esters (lactones) is 1. The maximum absolute atomic E-state index is 13.0. The summed E-state index contributed by atoms with van der Waals surface area (Å²) in [5, 5.41) is 26.7. The topological polar surface area (TPSA) is 130 Å². The third kappa shape index (κ3) is 3.50. The summed E-state index contributed by atoms with van der Waals surface area (Å²) < 4.78 is 7.08. The van der Waals surface area contributed by atoms with Gasteiger partial charge in [-0.25, -0.2) is 4.68 Å². The second-order valence-corrected chi connectivity index (χ2v) is 6.86. The number of benzene rings is 2. The number of carbonyl (C=O) groups excluding carboxylic acids is 1. The molecule has 0 unspecified atom stereocenters. The normalized spacial score (nSPS) is 21.1. The minimum atomic E-state index is -0.848. The first-order chi connectivity index (χ1) is 14.5. The van der Waals surface area contributed by atoms with E-state index < -0.39 is 33.9 Å². The molecule has 3 aromatic rings. The second kappa shape index (κ2) is 7.74. The fraction of sp³-hybridized carbons (Fsp3) is 0.200. The van der Waals surface area contributed by atoms with Crippen LogP contribution in [-0.4, -0.2) is 25.6 Å². The highest BCUT2D eigenvalue weighted by Crippen LogP contribution is 2.47. The molecule has 2 heterocycles. The zero-order valence-corrected chi connectivity index (χ0v) is 15.5. The monoisotopic (exact) mass is 408 g/mol. The summed E-state index contributed by atoms with van der Waals surface area (Å²) in [7, 11) is 0. The Morgan fingerprint density at radius 3 is 2.37 bits per heavy atom. The largest absolute Gasteiger partial charge is 0.439 e. The van der Waals surface area contributed by atoms with Gasteiger partial charge in [0, 0.05) is 48.5 Å². The van der Waals surface area contributed by atoms with Crippen molar-refractivity contribution in [1.82, 2.24) is 9.78 Å². The maximum atomic E-state index is 13.0. The quantitative estimate of drug-likeness (QED) is 0.357. The van der Waals surface area contributed by atoms with Crippen molar-refractivity contribution in [3.8, 4) is 0 Å². The van der Waals surface area contributed by atoms with Crippen LogP contribution in [0.2, 0.25) is 0 Å². The van der Waals surface area contributed by atoms with Gasteiger partial charge in [-0.3, -0.25) is 25.0 Å². The summed E-state index contributed by atoms with van der Waals surface area (Å²) >= 11 is 0. The molecule has 1 aromatic heterocycles. The molecule has 1 aliphatic rings. The number of nitrogens with zero attached hydrogens (tertiary/aromatic N) is 4. The summed E-state index contributed by atoms with van der Waals surface area (Å²) in [6.45, 7) is 0. The number of non-ortho nitro benzene ring substituents is 1. The lowest BCUT2D eigenvalue weighted by atomic mass is 9.77. The Bertz CT molecular complexity index is 1100. The van der Waals surface area contributed by atoms with Crippen LogP contribution in [0.3, 0.4) is 0 Å². The number of para-hydroxylation sites is 1. The van der Waals surface area contributed by atoms with Crippen molar-refractivity contribution in [1.29, 1.82) is 0 Å². The number of esters is 1. The predicted molar refractivity (Wildman–Crippen MR) is 104 cm³/mol. The van der Waals surface area contributed by atoms with Crippen molar-refractivity contribution >= 4 is 17.3 Å². The van der Waals surface area contributed by atoms with Crippen LogP contribution < -0.4 is 0 Å². The number of nitro groups is 2. The van der Waals surface area contributed by atoms with Gasteiger partial charge in [0.05, 0.1) is 15.8 Å². The van der Waals surface area contributed by atoms with Crippen LogP contribution in [0, 0.1) is 20.2 Å². The molecule has 152 valence electrons. The van der Waals surface area contributed by atoms with Crippen LogP contribution in [0.1, 0.15) is 35.6 Å². The minimum absolute atomic E-state index is 0.0941. The van der Waals surface area contributed by atoms with E-state index >= 15 is 0 Å². The van der Waals surface area contributed by atoms with Gasteiger partial charge in [-0.15, -0.1) is 0 Å². The van der Waals surface area contributed by atoms with Crippen molar-refractivity contribution in [2.75, 3.05) is 0 Å². The van der Waals surface area contributed by atoms with E-state index in [9.17, 15) is 25.0 Å². The Kier molecular flexibility index (Phi) is 4.97. The fourth-order valence-corrected chi connectivity index (χ4v) is 3.83. The Morgan fingerprint density at radius 1 is 1.00 bits per heavy atom. The van der Waals surface area contributed by atoms with Gasteiger partial charge in [-0.2, -0.15) is 5.10 Å². The Labute approximate surface area is 170 Å². The highest BCUT2D eigenvalue weighted by atomic mass is 16.6. The van der Waals surface area contributed by atoms with Crippen LogP contribution in [0.4, 0.5) is 11.4 Å². The number of nitro benzene ring substituents is 2. The Balaban J connectivity index is 1.80. The smallest absolute Gasteiger partial charge is 0.316 e. The summed E-state index contributed by atoms with van der Waals surface area (Å²) in [5.41, 5.74) is 0.690. The molecule has 0 spiro atoms. The molecule has 0 N–H and O–H groups in total. The molecular weight excluding hydrogens is 392 g/mol. The number of aromatic nitrogens is 2. The highest BCUT2D eigenvalue weighted by molar-refractivity contribution is 5.81. The van der Waals surface area contributed by atoms with Gasteiger partial charge >= 0.3 is 5.97 Å². The highest BCUT2D eigenvalue weighted by Gasteiger charge is 2.43. The zero-order chi connectivity index (χ0) is 21.3. The molecule has 1 fully saturated rings. The molecule has 0 saturated carbocycles. The number of rotatable bonds is 5. The van der Waals surface area contributed by atoms with Gasteiger partial charge in [0.25, 0.3) is 11.4 Å². The van der Waals surface area contributed by atoms with Crippen LogP contribution in [0.5, 0.6) is 0 Å². The van der Waals surface area contributed by atoms with Gasteiger partial charge in [0.1, 0.15) is 0 Å². The average molecular weight is 408 g/mol. The first-order valence-electron chi connectivity index (χ1n) is 9.13. The molecule has 1 saturated heterocycles. The summed E-state index contributed by atoms with van der Waals surface area (Å²) in [5.74, 6) is -2.00. The number of hydrogen-bond acceptors (Lipinski definition) is 7. The molecule has 4 rings (SSSR count). The molecule has 10 heteroatoms. The number of ether oxygens (including phenoxy) is 1. The van der Waals surface area contributed by atoms with Gasteiger partial charge in [0.15, 0.2) is 6.23 Å². The van der Waals surface area contributed by atoms with Crippen molar-refractivity contribution in [3.63, 3.8) is 0 Å². The first-order valence-corrected chi connectivity index (χ1v) is 9.13. The van der Waals surface area contributed by atoms with Gasteiger partial charge in [-0.05, 0) is 11.6 Å². The number of carbonyl (C=O) groups is 1. The van der Waals surface area contributed by atoms with Gasteiger partial charge < -0.3 is 4.74 Å². The molecule has 0 bridgehead atoms. The summed E-state index contributed by atoms with van der Waals surface area (Å²) in [6.07, 6.45) is 2.75.